The van der Waals surface area contributed by atoms with Gasteiger partial charge in [0.15, 0.2) is 0 Å². The summed E-state index contributed by atoms with van der Waals surface area (Å²) in [5.74, 6) is 2.56. The lowest BCUT2D eigenvalue weighted by Crippen LogP contribution is -2.38. The van der Waals surface area contributed by atoms with Gasteiger partial charge < -0.3 is 9.32 Å². The maximum atomic E-state index is 12.4. The van der Waals surface area contributed by atoms with Crippen LogP contribution in [0.1, 0.15) is 56.8 Å². The number of aromatic nitrogens is 2. The Hall–Kier alpha value is -1.69. The van der Waals surface area contributed by atoms with E-state index in [1.54, 1.807) is 11.3 Å². The molecule has 0 N–H and O–H groups in total. The molecule has 4 rings (SSSR count). The lowest BCUT2D eigenvalue weighted by Gasteiger charge is -2.31. The second kappa shape index (κ2) is 7.05. The predicted molar refractivity (Wildman–Crippen MR) is 92.7 cm³/mol. The van der Waals surface area contributed by atoms with Crippen molar-refractivity contribution in [3.63, 3.8) is 0 Å². The monoisotopic (exact) mass is 345 g/mol. The van der Waals surface area contributed by atoms with Gasteiger partial charge in [-0.25, -0.2) is 0 Å². The molecule has 2 aromatic rings. The average molecular weight is 345 g/mol. The van der Waals surface area contributed by atoms with Crippen LogP contribution in [0.25, 0.3) is 11.5 Å². The number of thiophene rings is 1. The molecule has 1 saturated carbocycles. The molecule has 128 valence electrons. The van der Waals surface area contributed by atoms with Gasteiger partial charge in [-0.15, -0.1) is 10.2 Å². The average Bonchev–Trinajstić information content (AvgIpc) is 3.36. The van der Waals surface area contributed by atoms with Crippen LogP contribution in [0.4, 0.5) is 0 Å². The fraction of sp³-hybridized carbons (Fsp3) is 0.611. The minimum Gasteiger partial charge on any atom is -0.420 e. The first kappa shape index (κ1) is 15.8. The molecule has 3 heterocycles. The summed E-state index contributed by atoms with van der Waals surface area (Å²) in [4.78, 5) is 14.5. The van der Waals surface area contributed by atoms with Crippen LogP contribution in [0.2, 0.25) is 0 Å². The molecule has 0 radical (unpaired) electrons. The second-order valence-electron chi connectivity index (χ2n) is 6.97. The molecule has 0 unspecified atom stereocenters. The third-order valence-corrected chi connectivity index (χ3v) is 6.03. The summed E-state index contributed by atoms with van der Waals surface area (Å²) in [6.45, 7) is 1.62. The first-order valence-corrected chi connectivity index (χ1v) is 9.87. The van der Waals surface area contributed by atoms with Crippen molar-refractivity contribution in [3.8, 4) is 11.5 Å². The van der Waals surface area contributed by atoms with Crippen LogP contribution < -0.4 is 0 Å². The summed E-state index contributed by atoms with van der Waals surface area (Å²) in [7, 11) is 0. The standard InChI is InChI=1S/C18H23N3O2S/c22-16(11-13-3-1-2-4-13)21-8-5-14(6-9-21)17-19-20-18(23-17)15-7-10-24-12-15/h7,10,12-14H,1-6,8-9,11H2. The van der Waals surface area contributed by atoms with E-state index in [-0.39, 0.29) is 5.92 Å². The zero-order chi connectivity index (χ0) is 16.4. The summed E-state index contributed by atoms with van der Waals surface area (Å²) >= 11 is 1.62. The van der Waals surface area contributed by atoms with Crippen LogP contribution in [-0.2, 0) is 4.79 Å². The van der Waals surface area contributed by atoms with Gasteiger partial charge in [-0.2, -0.15) is 11.3 Å². The van der Waals surface area contributed by atoms with Gasteiger partial charge in [-0.05, 0) is 43.0 Å². The van der Waals surface area contributed by atoms with Crippen LogP contribution in [0, 0.1) is 5.92 Å². The van der Waals surface area contributed by atoms with Crippen molar-refractivity contribution >= 4 is 17.2 Å². The zero-order valence-corrected chi connectivity index (χ0v) is 14.6. The number of carbonyl (C=O) groups excluding carboxylic acids is 1. The van der Waals surface area contributed by atoms with Crippen LogP contribution in [0.5, 0.6) is 0 Å². The summed E-state index contributed by atoms with van der Waals surface area (Å²) < 4.78 is 5.85. The number of amides is 1. The van der Waals surface area contributed by atoms with Gasteiger partial charge in [-0.3, -0.25) is 4.79 Å². The third-order valence-electron chi connectivity index (χ3n) is 5.34. The van der Waals surface area contributed by atoms with Gasteiger partial charge in [0, 0.05) is 36.4 Å². The number of hydrogen-bond acceptors (Lipinski definition) is 5. The summed E-state index contributed by atoms with van der Waals surface area (Å²) in [5, 5.41) is 12.4. The van der Waals surface area contributed by atoms with E-state index >= 15 is 0 Å². The van der Waals surface area contributed by atoms with Gasteiger partial charge in [0.1, 0.15) is 0 Å². The van der Waals surface area contributed by atoms with Gasteiger partial charge >= 0.3 is 0 Å². The van der Waals surface area contributed by atoms with E-state index in [0.29, 0.717) is 17.7 Å². The molecule has 1 amide bonds. The zero-order valence-electron chi connectivity index (χ0n) is 13.8. The summed E-state index contributed by atoms with van der Waals surface area (Å²) in [5.41, 5.74) is 0.989. The Morgan fingerprint density at radius 1 is 1.21 bits per heavy atom. The fourth-order valence-electron chi connectivity index (χ4n) is 3.87. The molecule has 0 bridgehead atoms. The minimum atomic E-state index is 0.278. The number of nitrogens with zero attached hydrogens (tertiary/aromatic N) is 3. The first-order chi connectivity index (χ1) is 11.8. The molecule has 0 atom stereocenters. The minimum absolute atomic E-state index is 0.278. The van der Waals surface area contributed by atoms with E-state index in [4.69, 9.17) is 4.42 Å². The molecule has 0 spiro atoms. The van der Waals surface area contributed by atoms with Crippen molar-refractivity contribution in [1.82, 2.24) is 15.1 Å². The lowest BCUT2D eigenvalue weighted by molar-refractivity contribution is -0.133. The van der Waals surface area contributed by atoms with E-state index in [1.165, 1.54) is 25.7 Å². The van der Waals surface area contributed by atoms with Crippen LogP contribution >= 0.6 is 11.3 Å². The van der Waals surface area contributed by atoms with Crippen molar-refractivity contribution < 1.29 is 9.21 Å². The van der Waals surface area contributed by atoms with Gasteiger partial charge in [0.05, 0.1) is 0 Å². The quantitative estimate of drug-likeness (QED) is 0.837. The van der Waals surface area contributed by atoms with E-state index in [2.05, 4.69) is 10.2 Å². The predicted octanol–water partition coefficient (Wildman–Crippen LogP) is 4.08. The normalized spacial score (nSPS) is 19.9. The molecule has 2 aromatic heterocycles. The molecular weight excluding hydrogens is 322 g/mol. The van der Waals surface area contributed by atoms with E-state index < -0.39 is 0 Å². The first-order valence-electron chi connectivity index (χ1n) is 8.93. The Morgan fingerprint density at radius 2 is 2.00 bits per heavy atom. The molecule has 5 nitrogen and oxygen atoms in total. The number of hydrogen-bond donors (Lipinski definition) is 0. The number of carbonyl (C=O) groups is 1. The highest BCUT2D eigenvalue weighted by atomic mass is 32.1. The fourth-order valence-corrected chi connectivity index (χ4v) is 4.50. The number of rotatable bonds is 4. The Kier molecular flexibility index (Phi) is 4.65. The Balaban J connectivity index is 1.32. The second-order valence-corrected chi connectivity index (χ2v) is 7.75. The lowest BCUT2D eigenvalue weighted by atomic mass is 9.95. The molecule has 1 aliphatic heterocycles. The van der Waals surface area contributed by atoms with Gasteiger partial charge in [0.25, 0.3) is 0 Å². The molecular formula is C18H23N3O2S. The van der Waals surface area contributed by atoms with Crippen molar-refractivity contribution in [2.45, 2.75) is 50.9 Å². The highest BCUT2D eigenvalue weighted by Crippen LogP contribution is 2.32. The highest BCUT2D eigenvalue weighted by molar-refractivity contribution is 7.08. The van der Waals surface area contributed by atoms with Gasteiger partial charge in [-0.1, -0.05) is 12.8 Å². The molecule has 0 aromatic carbocycles. The molecule has 2 aliphatic rings. The van der Waals surface area contributed by atoms with Crippen LogP contribution in [0.15, 0.2) is 21.2 Å². The summed E-state index contributed by atoms with van der Waals surface area (Å²) in [6.07, 6.45) is 7.63. The van der Waals surface area contributed by atoms with Crippen LogP contribution in [0.3, 0.4) is 0 Å². The Morgan fingerprint density at radius 3 is 2.71 bits per heavy atom. The Labute approximate surface area is 146 Å². The molecule has 1 saturated heterocycles. The smallest absolute Gasteiger partial charge is 0.248 e. The van der Waals surface area contributed by atoms with E-state index in [1.807, 2.05) is 21.7 Å². The SMILES string of the molecule is O=C(CC1CCCC1)N1CCC(c2nnc(-c3ccsc3)o2)CC1. The van der Waals surface area contributed by atoms with Crippen LogP contribution in [-0.4, -0.2) is 34.1 Å². The highest BCUT2D eigenvalue weighted by Gasteiger charge is 2.29. The number of likely N-dealkylation sites (tertiary alicyclic amines) is 1. The van der Waals surface area contributed by atoms with Gasteiger partial charge in [0.2, 0.25) is 17.7 Å². The van der Waals surface area contributed by atoms with Crippen molar-refractivity contribution in [2.24, 2.45) is 5.92 Å². The topological polar surface area (TPSA) is 59.2 Å². The van der Waals surface area contributed by atoms with Crippen molar-refractivity contribution in [1.29, 1.82) is 0 Å². The van der Waals surface area contributed by atoms with E-state index in [0.717, 1.165) is 43.8 Å². The maximum absolute atomic E-state index is 12.4. The molecule has 24 heavy (non-hydrogen) atoms. The maximum Gasteiger partial charge on any atom is 0.248 e. The third kappa shape index (κ3) is 3.38. The van der Waals surface area contributed by atoms with Crippen molar-refractivity contribution in [3.05, 3.63) is 22.7 Å². The van der Waals surface area contributed by atoms with E-state index in [9.17, 15) is 4.79 Å². The Bertz CT molecular complexity index is 668. The van der Waals surface area contributed by atoms with Crippen molar-refractivity contribution in [2.75, 3.05) is 13.1 Å². The number of piperidine rings is 1. The molecule has 2 fully saturated rings. The molecule has 6 heteroatoms. The largest absolute Gasteiger partial charge is 0.420 e. The summed E-state index contributed by atoms with van der Waals surface area (Å²) in [6, 6.07) is 1.99. The molecule has 1 aliphatic carbocycles.